The molecule has 0 spiro atoms. The average Bonchev–Trinajstić information content (AvgIpc) is 2.30. The van der Waals surface area contributed by atoms with Gasteiger partial charge in [-0.15, -0.1) is 0 Å². The molecule has 2 atom stereocenters. The van der Waals surface area contributed by atoms with Gasteiger partial charge in [0.2, 0.25) is 0 Å². The molecule has 0 heterocycles. The van der Waals surface area contributed by atoms with Crippen LogP contribution in [0.2, 0.25) is 0 Å². The molecular weight excluding hydrogens is 206 g/mol. The number of benzene rings is 1. The van der Waals surface area contributed by atoms with Crippen LogP contribution in [0.1, 0.15) is 52.0 Å². The molecule has 2 N–H and O–H groups in total. The second-order valence-electron chi connectivity index (χ2n) is 5.48. The third-order valence-corrected chi connectivity index (χ3v) is 3.64. The Morgan fingerprint density at radius 2 is 1.82 bits per heavy atom. The molecule has 0 saturated heterocycles. The predicted octanol–water partition coefficient (Wildman–Crippen LogP) is 4.16. The number of nitrogens with two attached hydrogens (primary N) is 1. The van der Waals surface area contributed by atoms with Crippen LogP contribution in [0, 0.1) is 5.92 Å². The van der Waals surface area contributed by atoms with E-state index in [1.165, 1.54) is 18.4 Å². The van der Waals surface area contributed by atoms with Crippen LogP contribution in [0.5, 0.6) is 0 Å². The minimum atomic E-state index is -0.0318. The van der Waals surface area contributed by atoms with Gasteiger partial charge in [-0.25, -0.2) is 0 Å². The van der Waals surface area contributed by atoms with E-state index in [4.69, 9.17) is 5.73 Å². The van der Waals surface area contributed by atoms with E-state index in [0.717, 1.165) is 25.2 Å². The van der Waals surface area contributed by atoms with Crippen molar-refractivity contribution < 1.29 is 0 Å². The maximum absolute atomic E-state index is 6.56. The molecule has 0 aliphatic rings. The Hall–Kier alpha value is -0.820. The van der Waals surface area contributed by atoms with E-state index in [2.05, 4.69) is 51.1 Å². The van der Waals surface area contributed by atoms with Crippen molar-refractivity contribution in [1.29, 1.82) is 0 Å². The summed E-state index contributed by atoms with van der Waals surface area (Å²) in [7, 11) is 0. The maximum atomic E-state index is 6.56. The minimum Gasteiger partial charge on any atom is -0.325 e. The van der Waals surface area contributed by atoms with Gasteiger partial charge in [0.25, 0.3) is 0 Å². The molecule has 1 nitrogen and oxygen atoms in total. The molecule has 1 heteroatoms. The molecule has 0 fully saturated rings. The van der Waals surface area contributed by atoms with Gasteiger partial charge in [0.1, 0.15) is 0 Å². The highest BCUT2D eigenvalue weighted by Crippen LogP contribution is 2.25. The molecule has 96 valence electrons. The molecule has 0 saturated carbocycles. The summed E-state index contributed by atoms with van der Waals surface area (Å²) in [6, 6.07) is 10.6. The maximum Gasteiger partial charge on any atom is 0.0195 e. The van der Waals surface area contributed by atoms with Crippen LogP contribution in [0.3, 0.4) is 0 Å². The first kappa shape index (κ1) is 14.2. The summed E-state index contributed by atoms with van der Waals surface area (Å²) >= 11 is 0. The summed E-state index contributed by atoms with van der Waals surface area (Å²) in [5.74, 6) is 0.730. The molecule has 0 aliphatic carbocycles. The largest absolute Gasteiger partial charge is 0.325 e. The second-order valence-corrected chi connectivity index (χ2v) is 5.48. The summed E-state index contributed by atoms with van der Waals surface area (Å²) in [6.45, 7) is 6.78. The van der Waals surface area contributed by atoms with Crippen molar-refractivity contribution in [2.75, 3.05) is 0 Å². The lowest BCUT2D eigenvalue weighted by atomic mass is 9.80. The van der Waals surface area contributed by atoms with Crippen molar-refractivity contribution >= 4 is 0 Å². The second kappa shape index (κ2) is 6.80. The van der Waals surface area contributed by atoms with Crippen molar-refractivity contribution in [2.45, 2.75) is 58.4 Å². The molecule has 2 unspecified atom stereocenters. The van der Waals surface area contributed by atoms with E-state index in [9.17, 15) is 0 Å². The summed E-state index contributed by atoms with van der Waals surface area (Å²) < 4.78 is 0. The van der Waals surface area contributed by atoms with E-state index < -0.39 is 0 Å². The van der Waals surface area contributed by atoms with Gasteiger partial charge in [0, 0.05) is 5.54 Å². The SMILES string of the molecule is CCCC(C)CC(N)(CC)Cc1ccccc1. The van der Waals surface area contributed by atoms with Gasteiger partial charge < -0.3 is 5.73 Å². The fraction of sp³-hybridized carbons (Fsp3) is 0.625. The zero-order valence-electron chi connectivity index (χ0n) is 11.6. The van der Waals surface area contributed by atoms with E-state index in [1.807, 2.05) is 0 Å². The fourth-order valence-corrected chi connectivity index (χ4v) is 2.63. The van der Waals surface area contributed by atoms with E-state index in [1.54, 1.807) is 0 Å². The lowest BCUT2D eigenvalue weighted by Gasteiger charge is -2.31. The molecule has 1 aromatic carbocycles. The highest BCUT2D eigenvalue weighted by atomic mass is 14.7. The van der Waals surface area contributed by atoms with Crippen molar-refractivity contribution in [1.82, 2.24) is 0 Å². The van der Waals surface area contributed by atoms with Crippen LogP contribution in [-0.2, 0) is 6.42 Å². The van der Waals surface area contributed by atoms with Crippen molar-refractivity contribution in [3.63, 3.8) is 0 Å². The summed E-state index contributed by atoms with van der Waals surface area (Å²) in [5.41, 5.74) is 7.89. The highest BCUT2D eigenvalue weighted by Gasteiger charge is 2.25. The van der Waals surface area contributed by atoms with E-state index in [-0.39, 0.29) is 5.54 Å². The zero-order chi connectivity index (χ0) is 12.7. The molecule has 17 heavy (non-hydrogen) atoms. The van der Waals surface area contributed by atoms with Gasteiger partial charge >= 0.3 is 0 Å². The molecule has 1 rings (SSSR count). The van der Waals surface area contributed by atoms with Crippen LogP contribution < -0.4 is 5.73 Å². The van der Waals surface area contributed by atoms with Crippen molar-refractivity contribution in [3.05, 3.63) is 35.9 Å². The van der Waals surface area contributed by atoms with Crippen LogP contribution >= 0.6 is 0 Å². The molecule has 0 amide bonds. The normalized spacial score (nSPS) is 16.5. The smallest absolute Gasteiger partial charge is 0.0195 e. The van der Waals surface area contributed by atoms with Crippen LogP contribution in [0.25, 0.3) is 0 Å². The van der Waals surface area contributed by atoms with Crippen molar-refractivity contribution in [2.24, 2.45) is 11.7 Å². The average molecular weight is 233 g/mol. The number of hydrogen-bond donors (Lipinski definition) is 1. The quantitative estimate of drug-likeness (QED) is 0.752. The lowest BCUT2D eigenvalue weighted by molar-refractivity contribution is 0.304. The van der Waals surface area contributed by atoms with Crippen LogP contribution in [0.15, 0.2) is 30.3 Å². The van der Waals surface area contributed by atoms with Gasteiger partial charge in [-0.1, -0.05) is 63.9 Å². The van der Waals surface area contributed by atoms with Gasteiger partial charge in [-0.2, -0.15) is 0 Å². The van der Waals surface area contributed by atoms with Gasteiger partial charge in [0.05, 0.1) is 0 Å². The zero-order valence-corrected chi connectivity index (χ0v) is 11.6. The third kappa shape index (κ3) is 4.91. The third-order valence-electron chi connectivity index (χ3n) is 3.64. The topological polar surface area (TPSA) is 26.0 Å². The standard InChI is InChI=1S/C16H27N/c1-4-9-14(3)12-16(17,5-2)13-15-10-7-6-8-11-15/h6-8,10-11,14H,4-5,9,12-13,17H2,1-3H3. The molecule has 0 bridgehead atoms. The van der Waals surface area contributed by atoms with Gasteiger partial charge in [-0.3, -0.25) is 0 Å². The van der Waals surface area contributed by atoms with Crippen LogP contribution in [-0.4, -0.2) is 5.54 Å². The molecule has 1 aromatic rings. The first-order chi connectivity index (χ1) is 8.09. The van der Waals surface area contributed by atoms with Gasteiger partial charge in [-0.05, 0) is 30.7 Å². The summed E-state index contributed by atoms with van der Waals surface area (Å²) in [5, 5.41) is 0. The first-order valence-electron chi connectivity index (χ1n) is 6.92. The summed E-state index contributed by atoms with van der Waals surface area (Å²) in [6.07, 6.45) is 5.72. The number of rotatable bonds is 7. The molecule has 0 aromatic heterocycles. The Balaban J connectivity index is 2.62. The Bertz CT molecular complexity index is 307. The Morgan fingerprint density at radius 1 is 1.18 bits per heavy atom. The lowest BCUT2D eigenvalue weighted by Crippen LogP contribution is -2.43. The first-order valence-corrected chi connectivity index (χ1v) is 6.92. The number of hydrogen-bond acceptors (Lipinski definition) is 1. The van der Waals surface area contributed by atoms with E-state index in [0.29, 0.717) is 0 Å². The minimum absolute atomic E-state index is 0.0318. The molecular formula is C16H27N. The Labute approximate surface area is 106 Å². The molecule has 0 radical (unpaired) electrons. The molecule has 0 aliphatic heterocycles. The monoisotopic (exact) mass is 233 g/mol. The van der Waals surface area contributed by atoms with Gasteiger partial charge in [0.15, 0.2) is 0 Å². The predicted molar refractivity (Wildman–Crippen MR) is 76.0 cm³/mol. The summed E-state index contributed by atoms with van der Waals surface area (Å²) in [4.78, 5) is 0. The van der Waals surface area contributed by atoms with E-state index >= 15 is 0 Å². The Kier molecular flexibility index (Phi) is 5.70. The van der Waals surface area contributed by atoms with Crippen LogP contribution in [0.4, 0.5) is 0 Å². The van der Waals surface area contributed by atoms with Crippen molar-refractivity contribution in [3.8, 4) is 0 Å². The highest BCUT2D eigenvalue weighted by molar-refractivity contribution is 5.17. The fourth-order valence-electron chi connectivity index (χ4n) is 2.63. The Morgan fingerprint density at radius 3 is 2.35 bits per heavy atom.